The molecule has 1 aliphatic rings. The summed E-state index contributed by atoms with van der Waals surface area (Å²) >= 11 is 6.23. The number of rotatable bonds is 7. The van der Waals surface area contributed by atoms with Gasteiger partial charge in [0, 0.05) is 39.8 Å². The molecule has 1 aliphatic heterocycles. The largest absolute Gasteiger partial charge is 0.464 e. The summed E-state index contributed by atoms with van der Waals surface area (Å²) in [6, 6.07) is 13.3. The van der Waals surface area contributed by atoms with Crippen molar-refractivity contribution in [1.29, 1.82) is 0 Å². The fraction of sp³-hybridized carbons (Fsp3) is 0.281. The summed E-state index contributed by atoms with van der Waals surface area (Å²) in [5, 5.41) is 20.9. The molecule has 2 bridgehead atoms. The molecule has 3 heterocycles. The molecule has 2 aromatic heterocycles. The van der Waals surface area contributed by atoms with E-state index in [1.165, 1.54) is 24.2 Å². The van der Waals surface area contributed by atoms with Crippen LogP contribution in [0.4, 0.5) is 16.2 Å². The zero-order chi connectivity index (χ0) is 32.5. The molecule has 0 spiro atoms. The molecule has 2 atom stereocenters. The Labute approximate surface area is 270 Å². The van der Waals surface area contributed by atoms with Gasteiger partial charge in [-0.2, -0.15) is 4.68 Å². The first-order valence-electron chi connectivity index (χ1n) is 14.7. The molecular weight excluding hydrogens is 612 g/mol. The highest BCUT2D eigenvalue weighted by Crippen LogP contribution is 2.34. The van der Waals surface area contributed by atoms with E-state index in [0.29, 0.717) is 59.0 Å². The molecule has 46 heavy (non-hydrogen) atoms. The predicted molar refractivity (Wildman–Crippen MR) is 172 cm³/mol. The number of nitrogens with zero attached hydrogens (tertiary/aromatic N) is 5. The van der Waals surface area contributed by atoms with Crippen LogP contribution in [0.5, 0.6) is 0 Å². The Hall–Kier alpha value is -5.30. The van der Waals surface area contributed by atoms with Crippen LogP contribution in [0.1, 0.15) is 49.9 Å². The number of esters is 1. The number of benzene rings is 2. The lowest BCUT2D eigenvalue weighted by atomic mass is 9.96. The maximum atomic E-state index is 13.3. The smallest absolute Gasteiger partial charge is 0.411 e. The lowest BCUT2D eigenvalue weighted by Crippen LogP contribution is -2.32. The highest BCUT2D eigenvalue weighted by atomic mass is 35.5. The van der Waals surface area contributed by atoms with Gasteiger partial charge in [-0.3, -0.25) is 15.1 Å². The van der Waals surface area contributed by atoms with Gasteiger partial charge in [-0.05, 0) is 84.3 Å². The molecule has 4 aromatic rings. The fourth-order valence-electron chi connectivity index (χ4n) is 5.16. The van der Waals surface area contributed by atoms with Crippen molar-refractivity contribution >= 4 is 47.0 Å². The highest BCUT2D eigenvalue weighted by molar-refractivity contribution is 6.30. The summed E-state index contributed by atoms with van der Waals surface area (Å²) in [6.07, 6.45) is 8.07. The normalized spacial score (nSPS) is 16.2. The van der Waals surface area contributed by atoms with Gasteiger partial charge in [-0.1, -0.05) is 30.5 Å². The molecule has 0 saturated heterocycles. The molecule has 0 saturated carbocycles. The maximum Gasteiger partial charge on any atom is 0.411 e. The third-order valence-corrected chi connectivity index (χ3v) is 7.59. The Morgan fingerprint density at radius 3 is 2.74 bits per heavy atom. The minimum Gasteiger partial charge on any atom is -0.464 e. The SMILES string of the molecule is CCOC(=O)[C@H]1CCCC[C@H](NC(=O)/C=C/c2cc(Cl)ccc2-n2cnnn2)c2cc(ccn2)-c2ccc(NC(=O)OC)cc2N1. The van der Waals surface area contributed by atoms with Crippen molar-refractivity contribution in [2.45, 2.75) is 44.7 Å². The van der Waals surface area contributed by atoms with Crippen LogP contribution in [0.2, 0.25) is 5.02 Å². The summed E-state index contributed by atoms with van der Waals surface area (Å²) in [4.78, 5) is 42.7. The van der Waals surface area contributed by atoms with Crippen molar-refractivity contribution in [2.24, 2.45) is 0 Å². The molecular formula is C32H33ClN8O5. The number of aromatic nitrogens is 5. The Kier molecular flexibility index (Phi) is 10.6. The first-order chi connectivity index (χ1) is 22.3. The minimum absolute atomic E-state index is 0.246. The summed E-state index contributed by atoms with van der Waals surface area (Å²) in [6.45, 7) is 2.01. The Morgan fingerprint density at radius 1 is 1.11 bits per heavy atom. The number of hydrogen-bond acceptors (Lipinski definition) is 10. The summed E-state index contributed by atoms with van der Waals surface area (Å²) in [5.74, 6) is -0.693. The number of pyridine rings is 1. The average Bonchev–Trinajstić information content (AvgIpc) is 3.59. The van der Waals surface area contributed by atoms with Gasteiger partial charge in [0.15, 0.2) is 0 Å². The van der Waals surface area contributed by atoms with Crippen LogP contribution < -0.4 is 16.0 Å². The molecule has 13 nitrogen and oxygen atoms in total. The second kappa shape index (κ2) is 15.1. The lowest BCUT2D eigenvalue weighted by Gasteiger charge is -2.24. The second-order valence-electron chi connectivity index (χ2n) is 10.4. The van der Waals surface area contributed by atoms with Crippen molar-refractivity contribution in [3.63, 3.8) is 0 Å². The Bertz CT molecular complexity index is 1730. The predicted octanol–water partition coefficient (Wildman–Crippen LogP) is 5.34. The van der Waals surface area contributed by atoms with Crippen molar-refractivity contribution in [3.8, 4) is 16.8 Å². The molecule has 2 aromatic carbocycles. The van der Waals surface area contributed by atoms with Crippen LogP contribution >= 0.6 is 11.6 Å². The van der Waals surface area contributed by atoms with Crippen LogP contribution in [-0.4, -0.2) is 62.9 Å². The van der Waals surface area contributed by atoms with E-state index in [2.05, 4.69) is 36.5 Å². The number of nitrogens with one attached hydrogen (secondary N) is 3. The molecule has 0 fully saturated rings. The molecule has 3 N–H and O–H groups in total. The number of fused-ring (bicyclic) bond motifs is 4. The van der Waals surface area contributed by atoms with Crippen molar-refractivity contribution < 1.29 is 23.9 Å². The van der Waals surface area contributed by atoms with Crippen LogP contribution in [0.25, 0.3) is 22.9 Å². The van der Waals surface area contributed by atoms with Crippen molar-refractivity contribution in [2.75, 3.05) is 24.4 Å². The zero-order valence-corrected chi connectivity index (χ0v) is 26.0. The number of anilines is 2. The van der Waals surface area contributed by atoms with Gasteiger partial charge >= 0.3 is 12.1 Å². The van der Waals surface area contributed by atoms with Crippen LogP contribution in [0, 0.1) is 0 Å². The van der Waals surface area contributed by atoms with Gasteiger partial charge in [0.25, 0.3) is 0 Å². The molecule has 0 aliphatic carbocycles. The van der Waals surface area contributed by atoms with Gasteiger partial charge in [-0.25, -0.2) is 9.59 Å². The monoisotopic (exact) mass is 644 g/mol. The van der Waals surface area contributed by atoms with Gasteiger partial charge in [0.2, 0.25) is 5.91 Å². The fourth-order valence-corrected chi connectivity index (χ4v) is 5.34. The number of carbonyl (C=O) groups is 3. The van der Waals surface area contributed by atoms with Gasteiger partial charge < -0.3 is 20.1 Å². The number of carbonyl (C=O) groups excluding carboxylic acids is 3. The van der Waals surface area contributed by atoms with Crippen LogP contribution in [0.15, 0.2) is 67.1 Å². The van der Waals surface area contributed by atoms with Gasteiger partial charge in [0.1, 0.15) is 12.4 Å². The number of methoxy groups -OCH3 is 1. The average molecular weight is 645 g/mol. The van der Waals surface area contributed by atoms with E-state index in [4.69, 9.17) is 21.1 Å². The number of amides is 2. The zero-order valence-electron chi connectivity index (χ0n) is 25.3. The first-order valence-corrected chi connectivity index (χ1v) is 15.1. The molecule has 2 amide bonds. The third kappa shape index (κ3) is 8.04. The molecule has 0 unspecified atom stereocenters. The summed E-state index contributed by atoms with van der Waals surface area (Å²) in [7, 11) is 1.28. The molecule has 5 rings (SSSR count). The standard InChI is InChI=1S/C32H33ClN8O5/c1-3-46-31(43)26-7-5-4-6-25(38-30(42)13-8-21-16-22(33)9-12-29(21)41-19-35-39-40-41)28-17-20(14-15-34-28)24-11-10-23(18-27(24)37-26)36-32(44)45-2/h8-19,25-26,37H,3-7H2,1-2H3,(H,36,44)(H,38,42)/b13-8+/t25-,26+/m0/s1. The number of hydrogen-bond donors (Lipinski definition) is 3. The molecule has 0 radical (unpaired) electrons. The number of ether oxygens (including phenoxy) is 2. The minimum atomic E-state index is -0.629. The van der Waals surface area contributed by atoms with E-state index >= 15 is 0 Å². The Morgan fingerprint density at radius 2 is 1.96 bits per heavy atom. The van der Waals surface area contributed by atoms with E-state index in [9.17, 15) is 14.4 Å². The first kappa shape index (κ1) is 32.1. The number of halogens is 1. The Balaban J connectivity index is 1.45. The van der Waals surface area contributed by atoms with E-state index in [-0.39, 0.29) is 18.5 Å². The van der Waals surface area contributed by atoms with Gasteiger partial charge in [-0.15, -0.1) is 5.10 Å². The van der Waals surface area contributed by atoms with Crippen molar-refractivity contribution in [1.82, 2.24) is 30.5 Å². The van der Waals surface area contributed by atoms with E-state index in [0.717, 1.165) is 11.1 Å². The molecule has 238 valence electrons. The topological polar surface area (TPSA) is 162 Å². The quantitative estimate of drug-likeness (QED) is 0.177. The van der Waals surface area contributed by atoms with Crippen LogP contribution in [0.3, 0.4) is 0 Å². The third-order valence-electron chi connectivity index (χ3n) is 7.35. The van der Waals surface area contributed by atoms with E-state index < -0.39 is 18.2 Å². The highest BCUT2D eigenvalue weighted by Gasteiger charge is 2.24. The van der Waals surface area contributed by atoms with Crippen molar-refractivity contribution in [3.05, 3.63) is 83.4 Å². The van der Waals surface area contributed by atoms with Crippen LogP contribution in [-0.2, 0) is 19.1 Å². The number of tetrazole rings is 1. The maximum absolute atomic E-state index is 13.3. The summed E-state index contributed by atoms with van der Waals surface area (Å²) in [5.41, 5.74) is 4.68. The lowest BCUT2D eigenvalue weighted by molar-refractivity contribution is -0.144. The summed E-state index contributed by atoms with van der Waals surface area (Å²) < 4.78 is 11.6. The molecule has 14 heteroatoms. The van der Waals surface area contributed by atoms with E-state index in [1.54, 1.807) is 49.5 Å². The van der Waals surface area contributed by atoms with Gasteiger partial charge in [0.05, 0.1) is 31.1 Å². The van der Waals surface area contributed by atoms with E-state index in [1.807, 2.05) is 18.2 Å². The second-order valence-corrected chi connectivity index (χ2v) is 10.9.